The predicted molar refractivity (Wildman–Crippen MR) is 63.6 cm³/mol. The van der Waals surface area contributed by atoms with Crippen LogP contribution in [-0.2, 0) is 9.53 Å². The van der Waals surface area contributed by atoms with Gasteiger partial charge in [0.05, 0.1) is 19.1 Å². The Balaban J connectivity index is 1.98. The van der Waals surface area contributed by atoms with Crippen LogP contribution in [0.25, 0.3) is 0 Å². The van der Waals surface area contributed by atoms with Crippen molar-refractivity contribution in [2.45, 2.75) is 6.42 Å². The number of carbonyl (C=O) groups is 1. The SMILES string of the molecule is CN(CC1COCCC1=O)c1ccc(F)cc1. The van der Waals surface area contributed by atoms with Gasteiger partial charge < -0.3 is 9.64 Å². The molecule has 3 nitrogen and oxygen atoms in total. The van der Waals surface area contributed by atoms with Gasteiger partial charge in [-0.1, -0.05) is 0 Å². The van der Waals surface area contributed by atoms with Crippen molar-refractivity contribution in [1.29, 1.82) is 0 Å². The summed E-state index contributed by atoms with van der Waals surface area (Å²) in [7, 11) is 1.90. The molecule has 1 saturated heterocycles. The van der Waals surface area contributed by atoms with Crippen LogP contribution >= 0.6 is 0 Å². The summed E-state index contributed by atoms with van der Waals surface area (Å²) in [5, 5.41) is 0. The van der Waals surface area contributed by atoms with Gasteiger partial charge in [0, 0.05) is 25.7 Å². The summed E-state index contributed by atoms with van der Waals surface area (Å²) in [5.74, 6) is -0.0664. The second-order valence-corrected chi connectivity index (χ2v) is 4.35. The number of halogens is 1. The molecule has 1 atom stereocenters. The van der Waals surface area contributed by atoms with E-state index in [0.29, 0.717) is 26.2 Å². The summed E-state index contributed by atoms with van der Waals surface area (Å²) in [6, 6.07) is 6.27. The average Bonchev–Trinajstić information content (AvgIpc) is 2.33. The van der Waals surface area contributed by atoms with E-state index in [1.54, 1.807) is 12.1 Å². The molecule has 17 heavy (non-hydrogen) atoms. The van der Waals surface area contributed by atoms with E-state index in [1.165, 1.54) is 12.1 Å². The van der Waals surface area contributed by atoms with Crippen molar-refractivity contribution >= 4 is 11.5 Å². The van der Waals surface area contributed by atoms with Gasteiger partial charge in [-0.2, -0.15) is 0 Å². The maximum absolute atomic E-state index is 12.8. The molecule has 0 aromatic heterocycles. The minimum absolute atomic E-state index is 0.0706. The molecule has 0 aliphatic carbocycles. The molecular weight excluding hydrogens is 221 g/mol. The highest BCUT2D eigenvalue weighted by molar-refractivity contribution is 5.82. The van der Waals surface area contributed by atoms with Crippen LogP contribution in [0.5, 0.6) is 0 Å². The zero-order valence-corrected chi connectivity index (χ0v) is 9.86. The van der Waals surface area contributed by atoms with Crippen LogP contribution in [0.1, 0.15) is 6.42 Å². The van der Waals surface area contributed by atoms with Gasteiger partial charge in [0.2, 0.25) is 0 Å². The fraction of sp³-hybridized carbons (Fsp3) is 0.462. The first-order valence-corrected chi connectivity index (χ1v) is 5.74. The molecule has 1 fully saturated rings. The van der Waals surface area contributed by atoms with Crippen LogP contribution in [0.4, 0.5) is 10.1 Å². The normalized spacial score (nSPS) is 20.4. The lowest BCUT2D eigenvalue weighted by molar-refractivity contribution is -0.129. The number of nitrogens with zero attached hydrogens (tertiary/aromatic N) is 1. The topological polar surface area (TPSA) is 29.5 Å². The lowest BCUT2D eigenvalue weighted by atomic mass is 10.00. The first-order chi connectivity index (χ1) is 8.16. The van der Waals surface area contributed by atoms with Crippen molar-refractivity contribution < 1.29 is 13.9 Å². The molecule has 1 aromatic carbocycles. The molecular formula is C13H16FNO2. The van der Waals surface area contributed by atoms with E-state index in [-0.39, 0.29) is 17.5 Å². The maximum Gasteiger partial charge on any atom is 0.142 e. The van der Waals surface area contributed by atoms with Gasteiger partial charge in [0.1, 0.15) is 11.6 Å². The number of benzene rings is 1. The first-order valence-electron chi connectivity index (χ1n) is 5.74. The maximum atomic E-state index is 12.8. The minimum atomic E-state index is -0.251. The van der Waals surface area contributed by atoms with Gasteiger partial charge in [0.25, 0.3) is 0 Å². The van der Waals surface area contributed by atoms with E-state index >= 15 is 0 Å². The van der Waals surface area contributed by atoms with Crippen molar-refractivity contribution in [2.24, 2.45) is 5.92 Å². The fourth-order valence-electron chi connectivity index (χ4n) is 1.98. The fourth-order valence-corrected chi connectivity index (χ4v) is 1.98. The van der Waals surface area contributed by atoms with Gasteiger partial charge in [-0.05, 0) is 24.3 Å². The molecule has 4 heteroatoms. The van der Waals surface area contributed by atoms with Crippen molar-refractivity contribution in [3.05, 3.63) is 30.1 Å². The molecule has 1 aliphatic heterocycles. The van der Waals surface area contributed by atoms with Gasteiger partial charge in [-0.25, -0.2) is 4.39 Å². The molecule has 1 aliphatic rings. The average molecular weight is 237 g/mol. The Morgan fingerprint density at radius 2 is 2.12 bits per heavy atom. The van der Waals surface area contributed by atoms with Crippen LogP contribution in [0.2, 0.25) is 0 Å². The molecule has 2 rings (SSSR count). The van der Waals surface area contributed by atoms with Crippen molar-refractivity contribution in [3.63, 3.8) is 0 Å². The predicted octanol–water partition coefficient (Wildman–Crippen LogP) is 1.87. The minimum Gasteiger partial charge on any atom is -0.380 e. The quantitative estimate of drug-likeness (QED) is 0.803. The zero-order valence-electron chi connectivity index (χ0n) is 9.86. The zero-order chi connectivity index (χ0) is 12.3. The number of hydrogen-bond donors (Lipinski definition) is 0. The third-order valence-electron chi connectivity index (χ3n) is 3.03. The molecule has 0 bridgehead atoms. The van der Waals surface area contributed by atoms with Crippen molar-refractivity contribution in [1.82, 2.24) is 0 Å². The third kappa shape index (κ3) is 3.03. The number of ketones is 1. The standard InChI is InChI=1S/C13H16FNO2/c1-15(12-4-2-11(14)3-5-12)8-10-9-17-7-6-13(10)16/h2-5,10H,6-9H2,1H3. The number of ether oxygens (including phenoxy) is 1. The first kappa shape index (κ1) is 12.0. The molecule has 1 heterocycles. The van der Waals surface area contributed by atoms with Gasteiger partial charge in [-0.3, -0.25) is 4.79 Å². The molecule has 0 amide bonds. The van der Waals surface area contributed by atoms with E-state index in [0.717, 1.165) is 5.69 Å². The summed E-state index contributed by atoms with van der Waals surface area (Å²) in [6.45, 7) is 1.64. The summed E-state index contributed by atoms with van der Waals surface area (Å²) in [4.78, 5) is 13.6. The van der Waals surface area contributed by atoms with Gasteiger partial charge >= 0.3 is 0 Å². The highest BCUT2D eigenvalue weighted by atomic mass is 19.1. The number of hydrogen-bond acceptors (Lipinski definition) is 3. The van der Waals surface area contributed by atoms with Crippen molar-refractivity contribution in [2.75, 3.05) is 31.7 Å². The molecule has 0 saturated carbocycles. The Hall–Kier alpha value is -1.42. The Bertz CT molecular complexity index is 391. The largest absolute Gasteiger partial charge is 0.380 e. The Morgan fingerprint density at radius 1 is 1.41 bits per heavy atom. The van der Waals surface area contributed by atoms with Crippen LogP contribution < -0.4 is 4.90 Å². The lowest BCUT2D eigenvalue weighted by Crippen LogP contribution is -2.36. The van der Waals surface area contributed by atoms with Gasteiger partial charge in [0.15, 0.2) is 0 Å². The Kier molecular flexibility index (Phi) is 3.74. The second kappa shape index (κ2) is 5.27. The lowest BCUT2D eigenvalue weighted by Gasteiger charge is -2.27. The summed E-state index contributed by atoms with van der Waals surface area (Å²) < 4.78 is 18.1. The van der Waals surface area contributed by atoms with E-state index < -0.39 is 0 Å². The van der Waals surface area contributed by atoms with Crippen LogP contribution in [0.3, 0.4) is 0 Å². The van der Waals surface area contributed by atoms with E-state index in [4.69, 9.17) is 4.74 Å². The monoisotopic (exact) mass is 237 g/mol. The van der Waals surface area contributed by atoms with Crippen LogP contribution in [-0.4, -0.2) is 32.6 Å². The number of carbonyl (C=O) groups excluding carboxylic acids is 1. The molecule has 0 N–H and O–H groups in total. The third-order valence-corrected chi connectivity index (χ3v) is 3.03. The number of rotatable bonds is 3. The van der Waals surface area contributed by atoms with E-state index in [1.807, 2.05) is 11.9 Å². The van der Waals surface area contributed by atoms with E-state index in [2.05, 4.69) is 0 Å². The molecule has 0 spiro atoms. The summed E-state index contributed by atoms with van der Waals surface area (Å²) >= 11 is 0. The van der Waals surface area contributed by atoms with Crippen LogP contribution in [0.15, 0.2) is 24.3 Å². The second-order valence-electron chi connectivity index (χ2n) is 4.35. The summed E-state index contributed by atoms with van der Waals surface area (Å²) in [6.07, 6.45) is 0.502. The van der Waals surface area contributed by atoms with Gasteiger partial charge in [-0.15, -0.1) is 0 Å². The van der Waals surface area contributed by atoms with Crippen LogP contribution in [0, 0.1) is 11.7 Å². The smallest absolute Gasteiger partial charge is 0.142 e. The van der Waals surface area contributed by atoms with Crippen molar-refractivity contribution in [3.8, 4) is 0 Å². The Morgan fingerprint density at radius 3 is 2.76 bits per heavy atom. The number of anilines is 1. The number of Topliss-reactive ketones (excluding diaryl/α,β-unsaturated/α-hetero) is 1. The highest BCUT2D eigenvalue weighted by Crippen LogP contribution is 2.17. The van der Waals surface area contributed by atoms with E-state index in [9.17, 15) is 9.18 Å². The molecule has 1 aromatic rings. The molecule has 1 unspecified atom stereocenters. The molecule has 0 radical (unpaired) electrons. The highest BCUT2D eigenvalue weighted by Gasteiger charge is 2.24. The summed E-state index contributed by atoms with van der Waals surface area (Å²) in [5.41, 5.74) is 0.907. The molecule has 92 valence electrons. The Labute approximate surface area is 100 Å².